The maximum absolute atomic E-state index is 15.2. The minimum atomic E-state index is -5.22. The van der Waals surface area contributed by atoms with Crippen molar-refractivity contribution >= 4 is 10.8 Å². The summed E-state index contributed by atoms with van der Waals surface area (Å²) in [6, 6.07) is 9.87. The topological polar surface area (TPSA) is 35.0 Å². The molecule has 0 amide bonds. The highest BCUT2D eigenvalue weighted by Crippen LogP contribution is 2.31. The highest BCUT2D eigenvalue weighted by Gasteiger charge is 2.34. The maximum Gasteiger partial charge on any atom is 0.573 e. The van der Waals surface area contributed by atoms with Gasteiger partial charge in [0.25, 0.3) is 0 Å². The lowest BCUT2D eigenvalue weighted by molar-refractivity contribution is -0.276. The third kappa shape index (κ3) is 5.84. The van der Waals surface area contributed by atoms with Crippen molar-refractivity contribution in [2.75, 3.05) is 0 Å². The highest BCUT2D eigenvalue weighted by molar-refractivity contribution is 5.87. The average Bonchev–Trinajstić information content (AvgIpc) is 2.84. The van der Waals surface area contributed by atoms with E-state index < -0.39 is 29.6 Å². The molecule has 0 unspecified atom stereocenters. The number of aryl methyl sites for hydroxylation is 3. The molecular formula is C27H20F6N2O. The Labute approximate surface area is 203 Å². The van der Waals surface area contributed by atoms with E-state index in [2.05, 4.69) is 21.3 Å². The van der Waals surface area contributed by atoms with Crippen LogP contribution in [-0.2, 0) is 19.3 Å². The predicted molar refractivity (Wildman–Crippen MR) is 124 cm³/mol. The molecule has 0 spiro atoms. The Balaban J connectivity index is 1.51. The first-order valence-corrected chi connectivity index (χ1v) is 11.0. The number of rotatable bonds is 8. The Kier molecular flexibility index (Phi) is 7.28. The van der Waals surface area contributed by atoms with Gasteiger partial charge in [0.15, 0.2) is 17.5 Å². The van der Waals surface area contributed by atoms with E-state index in [1.807, 2.05) is 6.08 Å². The Bertz CT molecular complexity index is 1380. The third-order valence-corrected chi connectivity index (χ3v) is 5.59. The number of hydrogen-bond acceptors (Lipinski definition) is 3. The zero-order valence-corrected chi connectivity index (χ0v) is 18.9. The minimum absolute atomic E-state index is 0.00664. The molecule has 0 saturated carbocycles. The number of hydrogen-bond donors (Lipinski definition) is 0. The summed E-state index contributed by atoms with van der Waals surface area (Å²) >= 11 is 0. The van der Waals surface area contributed by atoms with Gasteiger partial charge in [-0.05, 0) is 66.0 Å². The lowest BCUT2D eigenvalue weighted by Crippen LogP contribution is -2.19. The molecule has 0 atom stereocenters. The van der Waals surface area contributed by atoms with E-state index in [0.29, 0.717) is 22.2 Å². The molecule has 0 saturated heterocycles. The SMILES string of the molecule is C=CCCc1cnc(-c2ccc3c(F)c(CCc4cc(F)c(OC(F)(F)F)c(F)c4)ccc3c2)nc1. The number of allylic oxidation sites excluding steroid dienone is 1. The van der Waals surface area contributed by atoms with E-state index in [1.165, 1.54) is 0 Å². The molecule has 0 radical (unpaired) electrons. The number of fused-ring (bicyclic) bond motifs is 1. The van der Waals surface area contributed by atoms with Gasteiger partial charge in [-0.3, -0.25) is 0 Å². The number of aromatic nitrogens is 2. The monoisotopic (exact) mass is 502 g/mol. The second-order valence-electron chi connectivity index (χ2n) is 8.15. The lowest BCUT2D eigenvalue weighted by Gasteiger charge is -2.12. The molecule has 186 valence electrons. The largest absolute Gasteiger partial charge is 0.573 e. The molecule has 9 heteroatoms. The zero-order chi connectivity index (χ0) is 25.9. The minimum Gasteiger partial charge on any atom is -0.399 e. The fourth-order valence-corrected chi connectivity index (χ4v) is 3.82. The predicted octanol–water partition coefficient (Wildman–Crippen LogP) is 7.52. The van der Waals surface area contributed by atoms with E-state index in [1.54, 1.807) is 42.7 Å². The van der Waals surface area contributed by atoms with E-state index in [9.17, 15) is 22.0 Å². The first-order valence-electron chi connectivity index (χ1n) is 11.0. The summed E-state index contributed by atoms with van der Waals surface area (Å²) in [6.07, 6.45) is 1.78. The quantitative estimate of drug-likeness (QED) is 0.185. The summed E-state index contributed by atoms with van der Waals surface area (Å²) in [7, 11) is 0. The first kappa shape index (κ1) is 25.2. The highest BCUT2D eigenvalue weighted by atomic mass is 19.4. The van der Waals surface area contributed by atoms with E-state index in [4.69, 9.17) is 0 Å². The molecular weight excluding hydrogens is 482 g/mol. The molecule has 3 aromatic carbocycles. The molecule has 3 nitrogen and oxygen atoms in total. The van der Waals surface area contributed by atoms with Crippen molar-refractivity contribution in [1.82, 2.24) is 9.97 Å². The molecule has 0 bridgehead atoms. The Morgan fingerprint density at radius 3 is 2.17 bits per heavy atom. The number of ether oxygens (including phenoxy) is 1. The fraction of sp³-hybridized carbons (Fsp3) is 0.185. The van der Waals surface area contributed by atoms with Crippen LogP contribution in [0.4, 0.5) is 26.3 Å². The summed E-state index contributed by atoms with van der Waals surface area (Å²) in [5, 5.41) is 0.976. The van der Waals surface area contributed by atoms with Gasteiger partial charge in [-0.25, -0.2) is 23.1 Å². The Morgan fingerprint density at radius 1 is 0.833 bits per heavy atom. The van der Waals surface area contributed by atoms with Crippen LogP contribution in [-0.4, -0.2) is 16.3 Å². The van der Waals surface area contributed by atoms with Gasteiger partial charge in [0.05, 0.1) is 0 Å². The van der Waals surface area contributed by atoms with Gasteiger partial charge in [-0.2, -0.15) is 0 Å². The molecule has 4 aromatic rings. The van der Waals surface area contributed by atoms with Gasteiger partial charge in [0.2, 0.25) is 5.75 Å². The van der Waals surface area contributed by atoms with Crippen LogP contribution in [0.2, 0.25) is 0 Å². The molecule has 0 aliphatic heterocycles. The summed E-state index contributed by atoms with van der Waals surface area (Å²) < 4.78 is 83.4. The Morgan fingerprint density at radius 2 is 1.53 bits per heavy atom. The molecule has 1 heterocycles. The normalized spacial score (nSPS) is 11.6. The molecule has 0 N–H and O–H groups in total. The van der Waals surface area contributed by atoms with Gasteiger partial charge in [0, 0.05) is 23.3 Å². The van der Waals surface area contributed by atoms with Crippen molar-refractivity contribution < 1.29 is 31.1 Å². The first-order chi connectivity index (χ1) is 17.1. The van der Waals surface area contributed by atoms with E-state index in [-0.39, 0.29) is 18.4 Å². The summed E-state index contributed by atoms with van der Waals surface area (Å²) in [5.74, 6) is -4.47. The number of alkyl halides is 3. The van der Waals surface area contributed by atoms with Crippen molar-refractivity contribution in [2.45, 2.75) is 32.0 Å². The van der Waals surface area contributed by atoms with Crippen LogP contribution >= 0.6 is 0 Å². The summed E-state index contributed by atoms with van der Waals surface area (Å²) in [4.78, 5) is 8.76. The molecule has 0 aliphatic carbocycles. The van der Waals surface area contributed by atoms with Crippen LogP contribution in [0.3, 0.4) is 0 Å². The van der Waals surface area contributed by atoms with Crippen LogP contribution in [0.25, 0.3) is 22.2 Å². The molecule has 0 fully saturated rings. The second-order valence-corrected chi connectivity index (χ2v) is 8.15. The third-order valence-electron chi connectivity index (χ3n) is 5.59. The standard InChI is InChI=1S/C27H20F6N2O/c1-2-3-4-17-14-34-26(35-15-17)20-9-10-21-19(13-20)8-7-18(24(21)30)6-5-16-11-22(28)25(23(29)12-16)36-27(31,32)33/h2,7-15H,1,3-6H2. The fourth-order valence-electron chi connectivity index (χ4n) is 3.82. The van der Waals surface area contributed by atoms with Crippen molar-refractivity contribution in [3.8, 4) is 17.1 Å². The zero-order valence-electron chi connectivity index (χ0n) is 18.9. The molecule has 0 aliphatic rings. The van der Waals surface area contributed by atoms with Gasteiger partial charge < -0.3 is 4.74 Å². The van der Waals surface area contributed by atoms with Crippen molar-refractivity contribution in [1.29, 1.82) is 0 Å². The second kappa shape index (κ2) is 10.4. The molecule has 36 heavy (non-hydrogen) atoms. The Hall–Kier alpha value is -3.88. The van der Waals surface area contributed by atoms with Gasteiger partial charge >= 0.3 is 6.36 Å². The van der Waals surface area contributed by atoms with Crippen molar-refractivity contribution in [3.63, 3.8) is 0 Å². The molecule has 4 rings (SSSR count). The van der Waals surface area contributed by atoms with Crippen LogP contribution < -0.4 is 4.74 Å². The number of halogens is 6. The van der Waals surface area contributed by atoms with Crippen molar-refractivity contribution in [3.05, 3.63) is 102 Å². The number of nitrogens with zero attached hydrogens (tertiary/aromatic N) is 2. The average molecular weight is 502 g/mol. The van der Waals surface area contributed by atoms with Crippen molar-refractivity contribution in [2.24, 2.45) is 0 Å². The van der Waals surface area contributed by atoms with Gasteiger partial charge in [0.1, 0.15) is 5.82 Å². The lowest BCUT2D eigenvalue weighted by atomic mass is 9.98. The maximum atomic E-state index is 15.2. The van der Waals surface area contributed by atoms with Crippen LogP contribution in [0.5, 0.6) is 5.75 Å². The summed E-state index contributed by atoms with van der Waals surface area (Å²) in [5.41, 5.74) is 2.08. The smallest absolute Gasteiger partial charge is 0.399 e. The molecule has 1 aromatic heterocycles. The van der Waals surface area contributed by atoms with Gasteiger partial charge in [-0.15, -0.1) is 19.8 Å². The van der Waals surface area contributed by atoms with E-state index in [0.717, 1.165) is 36.1 Å². The van der Waals surface area contributed by atoms with Crippen LogP contribution in [0.15, 0.2) is 67.5 Å². The van der Waals surface area contributed by atoms with Crippen LogP contribution in [0.1, 0.15) is 23.1 Å². The van der Waals surface area contributed by atoms with E-state index >= 15 is 4.39 Å². The van der Waals surface area contributed by atoms with Gasteiger partial charge in [-0.1, -0.05) is 30.3 Å². The summed E-state index contributed by atoms with van der Waals surface area (Å²) in [6.45, 7) is 3.69. The van der Waals surface area contributed by atoms with Crippen LogP contribution in [0, 0.1) is 17.5 Å². The number of benzene rings is 3.